The van der Waals surface area contributed by atoms with Crippen LogP contribution in [0.15, 0.2) is 66.9 Å². The monoisotopic (exact) mass is 483 g/mol. The van der Waals surface area contributed by atoms with Gasteiger partial charge in [-0.25, -0.2) is 4.79 Å². The molecule has 0 radical (unpaired) electrons. The average molecular weight is 484 g/mol. The Morgan fingerprint density at radius 1 is 1.00 bits per heavy atom. The van der Waals surface area contributed by atoms with Crippen molar-refractivity contribution in [2.75, 3.05) is 7.11 Å². The minimum Gasteiger partial charge on any atom is -0.467 e. The van der Waals surface area contributed by atoms with Crippen molar-refractivity contribution in [2.45, 2.75) is 52.0 Å². The Bertz CT molecular complexity index is 1200. The second-order valence-electron chi connectivity index (χ2n) is 9.16. The molecule has 6 heteroatoms. The number of nitrogens with zero attached hydrogens (tertiary/aromatic N) is 2. The summed E-state index contributed by atoms with van der Waals surface area (Å²) < 4.78 is 4.77. The van der Waals surface area contributed by atoms with Crippen LogP contribution in [0.1, 0.15) is 50.7 Å². The first-order valence-electron chi connectivity index (χ1n) is 12.3. The minimum absolute atomic E-state index is 0.0260. The van der Waals surface area contributed by atoms with E-state index in [4.69, 9.17) is 4.74 Å². The van der Waals surface area contributed by atoms with Crippen LogP contribution in [0.3, 0.4) is 0 Å². The Morgan fingerprint density at radius 2 is 1.78 bits per heavy atom. The highest BCUT2D eigenvalue weighted by molar-refractivity contribution is 5.84. The Balaban J connectivity index is 1.52. The lowest BCUT2D eigenvalue weighted by atomic mass is 9.97. The number of nitrogens with one attached hydrogen (secondary N) is 1. The Labute approximate surface area is 213 Å². The zero-order valence-corrected chi connectivity index (χ0v) is 21.2. The number of carbonyl (C=O) groups excluding carboxylic acids is 2. The standard InChI is InChI=1S/C30H33N3O3/c1-21(2)29(30(35)36-3)33-28(34)13-9-4-6-10-22-14-17-27(32-20-22)26-18-24(15-16-25(26)19-31)23-11-7-5-8-12-23/h5,7-8,11-12,14-18,20-21,29H,4,6,9-10,13H2,1-3H3,(H,33,34). The lowest BCUT2D eigenvalue weighted by Gasteiger charge is -2.19. The van der Waals surface area contributed by atoms with Gasteiger partial charge in [-0.1, -0.05) is 62.7 Å². The predicted octanol–water partition coefficient (Wildman–Crippen LogP) is 5.70. The van der Waals surface area contributed by atoms with Crippen LogP contribution in [0.5, 0.6) is 0 Å². The van der Waals surface area contributed by atoms with Crippen LogP contribution in [0.2, 0.25) is 0 Å². The van der Waals surface area contributed by atoms with Crippen molar-refractivity contribution in [3.63, 3.8) is 0 Å². The van der Waals surface area contributed by atoms with E-state index in [0.29, 0.717) is 12.0 Å². The number of aryl methyl sites for hydroxylation is 1. The number of unbranched alkanes of at least 4 members (excludes halogenated alkanes) is 2. The quantitative estimate of drug-likeness (QED) is 0.279. The van der Waals surface area contributed by atoms with E-state index in [1.807, 2.05) is 74.6 Å². The van der Waals surface area contributed by atoms with Crippen molar-refractivity contribution in [1.82, 2.24) is 10.3 Å². The normalized spacial score (nSPS) is 11.5. The van der Waals surface area contributed by atoms with Crippen molar-refractivity contribution in [1.29, 1.82) is 5.26 Å². The first kappa shape index (κ1) is 26.6. The van der Waals surface area contributed by atoms with Gasteiger partial charge in [0.15, 0.2) is 0 Å². The van der Waals surface area contributed by atoms with Gasteiger partial charge in [0.25, 0.3) is 0 Å². The number of carbonyl (C=O) groups is 2. The second kappa shape index (κ2) is 13.2. The van der Waals surface area contributed by atoms with Crippen LogP contribution in [0, 0.1) is 17.2 Å². The molecule has 1 unspecified atom stereocenters. The fourth-order valence-corrected chi connectivity index (χ4v) is 4.06. The minimum atomic E-state index is -0.609. The number of ether oxygens (including phenoxy) is 1. The summed E-state index contributed by atoms with van der Waals surface area (Å²) in [6.07, 6.45) is 5.69. The predicted molar refractivity (Wildman–Crippen MR) is 141 cm³/mol. The molecule has 1 heterocycles. The van der Waals surface area contributed by atoms with Gasteiger partial charge in [-0.15, -0.1) is 0 Å². The summed E-state index contributed by atoms with van der Waals surface area (Å²) >= 11 is 0. The number of aromatic nitrogens is 1. The first-order chi connectivity index (χ1) is 17.4. The molecule has 0 saturated carbocycles. The van der Waals surface area contributed by atoms with Crippen LogP contribution < -0.4 is 5.32 Å². The van der Waals surface area contributed by atoms with Gasteiger partial charge in [-0.2, -0.15) is 5.26 Å². The highest BCUT2D eigenvalue weighted by atomic mass is 16.5. The number of hydrogen-bond acceptors (Lipinski definition) is 5. The number of esters is 1. The largest absolute Gasteiger partial charge is 0.467 e. The maximum atomic E-state index is 12.2. The maximum Gasteiger partial charge on any atom is 0.328 e. The maximum absolute atomic E-state index is 12.2. The summed E-state index contributed by atoms with van der Waals surface area (Å²) in [7, 11) is 1.33. The summed E-state index contributed by atoms with van der Waals surface area (Å²) in [6, 6.07) is 21.6. The third kappa shape index (κ3) is 7.26. The first-order valence-corrected chi connectivity index (χ1v) is 12.3. The van der Waals surface area contributed by atoms with E-state index < -0.39 is 12.0 Å². The molecule has 0 spiro atoms. The summed E-state index contributed by atoms with van der Waals surface area (Å²) in [4.78, 5) is 28.6. The number of methoxy groups -OCH3 is 1. The molecule has 2 aromatic carbocycles. The van der Waals surface area contributed by atoms with Gasteiger partial charge in [0.2, 0.25) is 5.91 Å². The van der Waals surface area contributed by atoms with Crippen molar-refractivity contribution in [3.8, 4) is 28.5 Å². The van der Waals surface area contributed by atoms with Crippen LogP contribution >= 0.6 is 0 Å². The summed E-state index contributed by atoms with van der Waals surface area (Å²) in [5.41, 5.74) is 5.45. The molecule has 1 atom stereocenters. The van der Waals surface area contributed by atoms with E-state index >= 15 is 0 Å². The number of rotatable bonds is 11. The number of benzene rings is 2. The topological polar surface area (TPSA) is 92.1 Å². The smallest absolute Gasteiger partial charge is 0.328 e. The van der Waals surface area contributed by atoms with Crippen molar-refractivity contribution in [2.24, 2.45) is 5.92 Å². The lowest BCUT2D eigenvalue weighted by Crippen LogP contribution is -2.44. The Morgan fingerprint density at radius 3 is 2.42 bits per heavy atom. The SMILES string of the molecule is COC(=O)C(NC(=O)CCCCCc1ccc(-c2cc(-c3ccccc3)ccc2C#N)nc1)C(C)C. The van der Waals surface area contributed by atoms with E-state index in [2.05, 4.69) is 22.4 Å². The Kier molecular flexibility index (Phi) is 9.76. The molecule has 3 rings (SSSR count). The molecule has 1 amide bonds. The molecule has 0 aliphatic carbocycles. The molecule has 0 saturated heterocycles. The van der Waals surface area contributed by atoms with Gasteiger partial charge in [0.1, 0.15) is 6.04 Å². The molecule has 1 N–H and O–H groups in total. The molecule has 36 heavy (non-hydrogen) atoms. The molecular formula is C30H33N3O3. The van der Waals surface area contributed by atoms with E-state index in [9.17, 15) is 14.9 Å². The third-order valence-electron chi connectivity index (χ3n) is 6.16. The van der Waals surface area contributed by atoms with E-state index in [0.717, 1.165) is 53.6 Å². The van der Waals surface area contributed by atoms with E-state index in [1.165, 1.54) is 7.11 Å². The number of pyridine rings is 1. The molecular weight excluding hydrogens is 450 g/mol. The van der Waals surface area contributed by atoms with Gasteiger partial charge in [0.05, 0.1) is 24.4 Å². The van der Waals surface area contributed by atoms with Crippen molar-refractivity contribution >= 4 is 11.9 Å². The fraction of sp³-hybridized carbons (Fsp3) is 0.333. The van der Waals surface area contributed by atoms with Crippen LogP contribution in [-0.2, 0) is 20.7 Å². The molecule has 0 fully saturated rings. The van der Waals surface area contributed by atoms with E-state index in [1.54, 1.807) is 0 Å². The Hall–Kier alpha value is -3.98. The number of amides is 1. The zero-order chi connectivity index (χ0) is 25.9. The molecule has 0 aliphatic rings. The van der Waals surface area contributed by atoms with Crippen molar-refractivity contribution in [3.05, 3.63) is 78.0 Å². The highest BCUT2D eigenvalue weighted by Gasteiger charge is 2.24. The van der Waals surface area contributed by atoms with Gasteiger partial charge < -0.3 is 10.1 Å². The summed E-state index contributed by atoms with van der Waals surface area (Å²) in [5.74, 6) is -0.568. The molecule has 186 valence electrons. The van der Waals surface area contributed by atoms with Crippen LogP contribution in [-0.4, -0.2) is 30.0 Å². The molecule has 0 aliphatic heterocycles. The second-order valence-corrected chi connectivity index (χ2v) is 9.16. The van der Waals surface area contributed by atoms with Gasteiger partial charge in [-0.3, -0.25) is 9.78 Å². The average Bonchev–Trinajstić information content (AvgIpc) is 2.91. The van der Waals surface area contributed by atoms with Gasteiger partial charge >= 0.3 is 5.97 Å². The number of nitriles is 1. The van der Waals surface area contributed by atoms with Gasteiger partial charge in [0, 0.05) is 18.2 Å². The molecule has 6 nitrogen and oxygen atoms in total. The summed E-state index contributed by atoms with van der Waals surface area (Å²) in [5, 5.41) is 12.4. The van der Waals surface area contributed by atoms with E-state index in [-0.39, 0.29) is 11.8 Å². The van der Waals surface area contributed by atoms with Crippen LogP contribution in [0.25, 0.3) is 22.4 Å². The zero-order valence-electron chi connectivity index (χ0n) is 21.2. The molecule has 0 bridgehead atoms. The molecule has 1 aromatic heterocycles. The van der Waals surface area contributed by atoms with Gasteiger partial charge in [-0.05, 0) is 60.1 Å². The fourth-order valence-electron chi connectivity index (χ4n) is 4.06. The molecule has 3 aromatic rings. The lowest BCUT2D eigenvalue weighted by molar-refractivity contribution is -0.146. The van der Waals surface area contributed by atoms with Crippen molar-refractivity contribution < 1.29 is 14.3 Å². The summed E-state index contributed by atoms with van der Waals surface area (Å²) in [6.45, 7) is 3.75. The highest BCUT2D eigenvalue weighted by Crippen LogP contribution is 2.28. The van der Waals surface area contributed by atoms with Crippen LogP contribution in [0.4, 0.5) is 0 Å². The number of hydrogen-bond donors (Lipinski definition) is 1. The third-order valence-corrected chi connectivity index (χ3v) is 6.16.